The SMILES string of the molecule is COCCn1cnnc1CNS(=O)(=O)N1CCC(C)CC1. The number of hydrogen-bond donors (Lipinski definition) is 1. The van der Waals surface area contributed by atoms with Crippen LogP contribution in [0.1, 0.15) is 25.6 Å². The van der Waals surface area contributed by atoms with Crippen LogP contribution >= 0.6 is 0 Å². The van der Waals surface area contributed by atoms with Gasteiger partial charge < -0.3 is 9.30 Å². The van der Waals surface area contributed by atoms with E-state index in [0.29, 0.717) is 38.0 Å². The molecule has 1 aliphatic rings. The maximum Gasteiger partial charge on any atom is 0.279 e. The van der Waals surface area contributed by atoms with Crippen LogP contribution in [0.25, 0.3) is 0 Å². The van der Waals surface area contributed by atoms with Crippen molar-refractivity contribution in [3.8, 4) is 0 Å². The van der Waals surface area contributed by atoms with Crippen molar-refractivity contribution in [2.75, 3.05) is 26.8 Å². The highest BCUT2D eigenvalue weighted by molar-refractivity contribution is 7.87. The van der Waals surface area contributed by atoms with Gasteiger partial charge in [0.25, 0.3) is 10.2 Å². The monoisotopic (exact) mass is 317 g/mol. The van der Waals surface area contributed by atoms with Gasteiger partial charge in [-0.3, -0.25) is 0 Å². The molecule has 0 unspecified atom stereocenters. The van der Waals surface area contributed by atoms with E-state index in [-0.39, 0.29) is 6.54 Å². The summed E-state index contributed by atoms with van der Waals surface area (Å²) in [6.45, 7) is 4.57. The summed E-state index contributed by atoms with van der Waals surface area (Å²) in [5.41, 5.74) is 0. The van der Waals surface area contributed by atoms with Gasteiger partial charge in [0.1, 0.15) is 12.2 Å². The minimum Gasteiger partial charge on any atom is -0.383 e. The molecular weight excluding hydrogens is 294 g/mol. The number of aromatic nitrogens is 3. The van der Waals surface area contributed by atoms with Crippen LogP contribution in [-0.4, -0.2) is 54.3 Å². The number of ether oxygens (including phenoxy) is 1. The minimum absolute atomic E-state index is 0.137. The van der Waals surface area contributed by atoms with E-state index in [1.165, 1.54) is 4.31 Å². The van der Waals surface area contributed by atoms with E-state index in [4.69, 9.17) is 4.74 Å². The standard InChI is InChI=1S/C12H23N5O3S/c1-11-3-5-17(6-4-11)21(18,19)14-9-12-15-13-10-16(12)7-8-20-2/h10-11,14H,3-9H2,1-2H3. The largest absolute Gasteiger partial charge is 0.383 e. The molecule has 0 amide bonds. The summed E-state index contributed by atoms with van der Waals surface area (Å²) in [6, 6.07) is 0. The molecule has 1 aromatic heterocycles. The third-order valence-electron chi connectivity index (χ3n) is 3.73. The van der Waals surface area contributed by atoms with Crippen molar-refractivity contribution in [1.29, 1.82) is 0 Å². The molecule has 0 radical (unpaired) electrons. The molecule has 1 saturated heterocycles. The van der Waals surface area contributed by atoms with Crippen LogP contribution in [0.5, 0.6) is 0 Å². The zero-order valence-electron chi connectivity index (χ0n) is 12.5. The molecule has 9 heteroatoms. The molecule has 0 spiro atoms. The van der Waals surface area contributed by atoms with Crippen molar-refractivity contribution >= 4 is 10.2 Å². The Morgan fingerprint density at radius 1 is 1.43 bits per heavy atom. The average molecular weight is 317 g/mol. The van der Waals surface area contributed by atoms with Crippen LogP contribution in [0.4, 0.5) is 0 Å². The normalized spacial score (nSPS) is 18.2. The van der Waals surface area contributed by atoms with Crippen LogP contribution in [0, 0.1) is 5.92 Å². The summed E-state index contributed by atoms with van der Waals surface area (Å²) in [6.07, 6.45) is 3.39. The molecule has 0 bridgehead atoms. The number of rotatable bonds is 7. The van der Waals surface area contributed by atoms with E-state index in [9.17, 15) is 8.42 Å². The summed E-state index contributed by atoms with van der Waals surface area (Å²) >= 11 is 0. The van der Waals surface area contributed by atoms with Gasteiger partial charge in [0, 0.05) is 26.7 Å². The van der Waals surface area contributed by atoms with E-state index in [1.54, 1.807) is 18.0 Å². The molecule has 0 saturated carbocycles. The number of nitrogens with zero attached hydrogens (tertiary/aromatic N) is 4. The minimum atomic E-state index is -3.45. The third kappa shape index (κ3) is 4.47. The van der Waals surface area contributed by atoms with Gasteiger partial charge >= 0.3 is 0 Å². The van der Waals surface area contributed by atoms with E-state index >= 15 is 0 Å². The van der Waals surface area contributed by atoms with Gasteiger partial charge in [-0.25, -0.2) is 0 Å². The summed E-state index contributed by atoms with van der Waals surface area (Å²) in [7, 11) is -1.83. The predicted octanol–water partition coefficient (Wildman–Crippen LogP) is -0.00920. The number of piperidine rings is 1. The first-order valence-corrected chi connectivity index (χ1v) is 8.57. The van der Waals surface area contributed by atoms with Crippen molar-refractivity contribution in [3.05, 3.63) is 12.2 Å². The molecule has 1 aliphatic heterocycles. The molecule has 1 aromatic rings. The average Bonchev–Trinajstić information content (AvgIpc) is 2.91. The molecule has 1 N–H and O–H groups in total. The van der Waals surface area contributed by atoms with Gasteiger partial charge in [-0.15, -0.1) is 10.2 Å². The molecule has 21 heavy (non-hydrogen) atoms. The fraction of sp³-hybridized carbons (Fsp3) is 0.833. The Morgan fingerprint density at radius 2 is 2.14 bits per heavy atom. The van der Waals surface area contributed by atoms with Crippen molar-refractivity contribution in [1.82, 2.24) is 23.8 Å². The number of nitrogens with one attached hydrogen (secondary N) is 1. The van der Waals surface area contributed by atoms with Crippen molar-refractivity contribution in [3.63, 3.8) is 0 Å². The van der Waals surface area contributed by atoms with Gasteiger partial charge in [0.2, 0.25) is 0 Å². The highest BCUT2D eigenvalue weighted by Crippen LogP contribution is 2.18. The lowest BCUT2D eigenvalue weighted by Crippen LogP contribution is -2.44. The third-order valence-corrected chi connectivity index (χ3v) is 5.28. The molecule has 8 nitrogen and oxygen atoms in total. The molecular formula is C12H23N5O3S. The lowest BCUT2D eigenvalue weighted by molar-refractivity contribution is 0.186. The summed E-state index contributed by atoms with van der Waals surface area (Å²) in [4.78, 5) is 0. The lowest BCUT2D eigenvalue weighted by Gasteiger charge is -2.29. The van der Waals surface area contributed by atoms with Crippen LogP contribution in [0.15, 0.2) is 6.33 Å². The van der Waals surface area contributed by atoms with Crippen molar-refractivity contribution < 1.29 is 13.2 Å². The summed E-state index contributed by atoms with van der Waals surface area (Å²) in [5.74, 6) is 1.18. The van der Waals surface area contributed by atoms with Crippen LogP contribution in [0.3, 0.4) is 0 Å². The Balaban J connectivity index is 1.91. The van der Waals surface area contributed by atoms with Crippen LogP contribution in [-0.2, 0) is 28.0 Å². The maximum absolute atomic E-state index is 12.2. The summed E-state index contributed by atoms with van der Waals surface area (Å²) in [5, 5.41) is 7.75. The van der Waals surface area contributed by atoms with E-state index in [0.717, 1.165) is 12.8 Å². The second kappa shape index (κ2) is 7.30. The van der Waals surface area contributed by atoms with Gasteiger partial charge in [0.15, 0.2) is 0 Å². The molecule has 120 valence electrons. The second-order valence-corrected chi connectivity index (χ2v) is 7.10. The van der Waals surface area contributed by atoms with Gasteiger partial charge in [-0.2, -0.15) is 17.4 Å². The van der Waals surface area contributed by atoms with Crippen LogP contribution in [0.2, 0.25) is 0 Å². The Morgan fingerprint density at radius 3 is 2.81 bits per heavy atom. The van der Waals surface area contributed by atoms with E-state index in [1.807, 2.05) is 0 Å². The molecule has 2 rings (SSSR count). The second-order valence-electron chi connectivity index (χ2n) is 5.34. The predicted molar refractivity (Wildman–Crippen MR) is 77.6 cm³/mol. The number of hydrogen-bond acceptors (Lipinski definition) is 5. The first-order chi connectivity index (χ1) is 10.0. The fourth-order valence-corrected chi connectivity index (χ4v) is 3.45. The Kier molecular flexibility index (Phi) is 5.68. The smallest absolute Gasteiger partial charge is 0.279 e. The van der Waals surface area contributed by atoms with Crippen molar-refractivity contribution in [2.45, 2.75) is 32.9 Å². The Bertz CT molecular complexity index is 537. The summed E-state index contributed by atoms with van der Waals surface area (Å²) < 4.78 is 35.4. The van der Waals surface area contributed by atoms with Crippen LogP contribution < -0.4 is 4.72 Å². The highest BCUT2D eigenvalue weighted by Gasteiger charge is 2.26. The topological polar surface area (TPSA) is 89.3 Å². The van der Waals surface area contributed by atoms with Gasteiger partial charge in [-0.1, -0.05) is 6.92 Å². The zero-order valence-corrected chi connectivity index (χ0v) is 13.3. The molecule has 2 heterocycles. The number of methoxy groups -OCH3 is 1. The zero-order chi connectivity index (χ0) is 15.3. The quantitative estimate of drug-likeness (QED) is 0.764. The first-order valence-electron chi connectivity index (χ1n) is 7.13. The maximum atomic E-state index is 12.2. The van der Waals surface area contributed by atoms with E-state index in [2.05, 4.69) is 21.8 Å². The fourth-order valence-electron chi connectivity index (χ4n) is 2.26. The first kappa shape index (κ1) is 16.3. The Labute approximate surface area is 125 Å². The Hall–Kier alpha value is -1.03. The lowest BCUT2D eigenvalue weighted by atomic mass is 10.0. The molecule has 1 fully saturated rings. The highest BCUT2D eigenvalue weighted by atomic mass is 32.2. The van der Waals surface area contributed by atoms with Gasteiger partial charge in [0.05, 0.1) is 13.2 Å². The van der Waals surface area contributed by atoms with E-state index < -0.39 is 10.2 Å². The van der Waals surface area contributed by atoms with Crippen molar-refractivity contribution in [2.24, 2.45) is 5.92 Å². The van der Waals surface area contributed by atoms with Gasteiger partial charge in [-0.05, 0) is 18.8 Å². The molecule has 0 aliphatic carbocycles. The molecule has 0 atom stereocenters. The molecule has 0 aromatic carbocycles.